The molecule has 1 unspecified atom stereocenters. The summed E-state index contributed by atoms with van der Waals surface area (Å²) in [4.78, 5) is 0. The van der Waals surface area contributed by atoms with Crippen molar-refractivity contribution in [3.05, 3.63) is 28.5 Å². The summed E-state index contributed by atoms with van der Waals surface area (Å²) in [7, 11) is 0. The molecule has 0 aliphatic heterocycles. The van der Waals surface area contributed by atoms with Crippen molar-refractivity contribution in [2.45, 2.75) is 18.9 Å². The number of phenols is 1. The van der Waals surface area contributed by atoms with Crippen molar-refractivity contribution in [3.8, 4) is 5.75 Å². The minimum atomic E-state index is -0.705. The Morgan fingerprint density at radius 2 is 2.14 bits per heavy atom. The van der Waals surface area contributed by atoms with E-state index in [4.69, 9.17) is 17.3 Å². The molecule has 2 nitrogen and oxygen atoms in total. The van der Waals surface area contributed by atoms with Gasteiger partial charge in [0.05, 0.1) is 0 Å². The van der Waals surface area contributed by atoms with Crippen molar-refractivity contribution >= 4 is 11.6 Å². The van der Waals surface area contributed by atoms with E-state index in [1.165, 1.54) is 6.07 Å². The maximum absolute atomic E-state index is 13.1. The van der Waals surface area contributed by atoms with Gasteiger partial charge in [-0.25, -0.2) is 4.39 Å². The van der Waals surface area contributed by atoms with Crippen LogP contribution >= 0.6 is 11.6 Å². The molecule has 76 valence electrons. The summed E-state index contributed by atoms with van der Waals surface area (Å²) in [5, 5.41) is 9.73. The monoisotopic (exact) mass is 215 g/mol. The number of rotatable bonds is 2. The molecule has 0 saturated heterocycles. The molecule has 1 aromatic rings. The van der Waals surface area contributed by atoms with E-state index < -0.39 is 5.82 Å². The van der Waals surface area contributed by atoms with E-state index in [1.807, 2.05) is 0 Å². The van der Waals surface area contributed by atoms with E-state index in [1.54, 1.807) is 0 Å². The summed E-state index contributed by atoms with van der Waals surface area (Å²) in [5.74, 6) is -0.712. The fraction of sp³-hybridized carbons (Fsp3) is 0.400. The van der Waals surface area contributed by atoms with E-state index in [0.717, 1.165) is 18.9 Å². The molecular weight excluding hydrogens is 205 g/mol. The first kappa shape index (κ1) is 9.74. The molecule has 1 fully saturated rings. The van der Waals surface area contributed by atoms with Crippen molar-refractivity contribution in [3.63, 3.8) is 0 Å². The molecule has 0 heterocycles. The highest BCUT2D eigenvalue weighted by Gasteiger charge is 2.31. The highest BCUT2D eigenvalue weighted by atomic mass is 35.5. The van der Waals surface area contributed by atoms with Gasteiger partial charge in [0.15, 0.2) is 11.6 Å². The lowest BCUT2D eigenvalue weighted by atomic mass is 10.0. The molecule has 3 N–H and O–H groups in total. The molecule has 1 aliphatic rings. The van der Waals surface area contributed by atoms with Crippen LogP contribution in [0.2, 0.25) is 5.02 Å². The van der Waals surface area contributed by atoms with Crippen LogP contribution in [0.1, 0.15) is 24.4 Å². The topological polar surface area (TPSA) is 46.2 Å². The summed E-state index contributed by atoms with van der Waals surface area (Å²) < 4.78 is 13.1. The fourth-order valence-corrected chi connectivity index (χ4v) is 1.76. The highest BCUT2D eigenvalue weighted by Crippen LogP contribution is 2.43. The third-order valence-electron chi connectivity index (χ3n) is 2.55. The zero-order valence-electron chi connectivity index (χ0n) is 7.50. The SMILES string of the molecule is NC(c1cc(Cl)cc(F)c1O)C1CC1. The van der Waals surface area contributed by atoms with Crippen LogP contribution in [0.4, 0.5) is 4.39 Å². The van der Waals surface area contributed by atoms with Crippen LogP contribution in [0.25, 0.3) is 0 Å². The average molecular weight is 216 g/mol. The van der Waals surface area contributed by atoms with Crippen molar-refractivity contribution < 1.29 is 9.50 Å². The van der Waals surface area contributed by atoms with Gasteiger partial charge in [0.25, 0.3) is 0 Å². The van der Waals surface area contributed by atoms with Gasteiger partial charge >= 0.3 is 0 Å². The number of aromatic hydroxyl groups is 1. The molecule has 1 atom stereocenters. The number of hydrogen-bond donors (Lipinski definition) is 2. The quantitative estimate of drug-likeness (QED) is 0.797. The van der Waals surface area contributed by atoms with Gasteiger partial charge in [-0.2, -0.15) is 0 Å². The largest absolute Gasteiger partial charge is 0.505 e. The Morgan fingerprint density at radius 3 is 2.71 bits per heavy atom. The van der Waals surface area contributed by atoms with Crippen LogP contribution in [-0.4, -0.2) is 5.11 Å². The molecule has 0 amide bonds. The molecule has 1 aliphatic carbocycles. The Morgan fingerprint density at radius 1 is 1.50 bits per heavy atom. The Labute approximate surface area is 86.5 Å². The van der Waals surface area contributed by atoms with Gasteiger partial charge in [-0.15, -0.1) is 0 Å². The van der Waals surface area contributed by atoms with Crippen molar-refractivity contribution in [1.82, 2.24) is 0 Å². The summed E-state index contributed by atoms with van der Waals surface area (Å²) in [6, 6.07) is 2.31. The lowest BCUT2D eigenvalue weighted by Gasteiger charge is -2.13. The lowest BCUT2D eigenvalue weighted by molar-refractivity contribution is 0.417. The van der Waals surface area contributed by atoms with Gasteiger partial charge in [-0.3, -0.25) is 0 Å². The second-order valence-corrected chi connectivity index (χ2v) is 4.13. The van der Waals surface area contributed by atoms with Crippen LogP contribution in [0.15, 0.2) is 12.1 Å². The van der Waals surface area contributed by atoms with Crippen molar-refractivity contribution in [2.24, 2.45) is 11.7 Å². The summed E-state index contributed by atoms with van der Waals surface area (Å²) >= 11 is 5.68. The van der Waals surface area contributed by atoms with Gasteiger partial charge < -0.3 is 10.8 Å². The molecule has 1 aromatic carbocycles. The smallest absolute Gasteiger partial charge is 0.166 e. The molecule has 0 radical (unpaired) electrons. The van der Waals surface area contributed by atoms with E-state index in [0.29, 0.717) is 11.5 Å². The molecule has 0 spiro atoms. The van der Waals surface area contributed by atoms with Crippen LogP contribution in [0, 0.1) is 11.7 Å². The number of benzene rings is 1. The van der Waals surface area contributed by atoms with Gasteiger partial charge in [0.1, 0.15) is 0 Å². The van der Waals surface area contributed by atoms with Gasteiger partial charge in [0.2, 0.25) is 0 Å². The van der Waals surface area contributed by atoms with Crippen LogP contribution < -0.4 is 5.73 Å². The Balaban J connectivity index is 2.39. The third-order valence-corrected chi connectivity index (χ3v) is 2.76. The first-order valence-corrected chi connectivity index (χ1v) is 4.91. The maximum Gasteiger partial charge on any atom is 0.166 e. The molecular formula is C10H11ClFNO. The minimum absolute atomic E-state index is 0.270. The number of nitrogens with two attached hydrogens (primary N) is 1. The molecule has 0 bridgehead atoms. The standard InChI is InChI=1S/C10H11ClFNO/c11-6-3-7(9(13)5-1-2-5)10(14)8(12)4-6/h3-5,9,14H,1-2,13H2. The lowest BCUT2D eigenvalue weighted by Crippen LogP contribution is -2.12. The number of phenolic OH excluding ortho intramolecular Hbond substituents is 1. The average Bonchev–Trinajstić information content (AvgIpc) is 2.93. The van der Waals surface area contributed by atoms with Gasteiger partial charge in [0, 0.05) is 16.6 Å². The van der Waals surface area contributed by atoms with Crippen LogP contribution in [0.5, 0.6) is 5.75 Å². The number of hydrogen-bond acceptors (Lipinski definition) is 2. The highest BCUT2D eigenvalue weighted by molar-refractivity contribution is 6.30. The molecule has 14 heavy (non-hydrogen) atoms. The first-order chi connectivity index (χ1) is 6.59. The van der Waals surface area contributed by atoms with Crippen LogP contribution in [-0.2, 0) is 0 Å². The van der Waals surface area contributed by atoms with Gasteiger partial charge in [-0.1, -0.05) is 11.6 Å². The second-order valence-electron chi connectivity index (χ2n) is 3.69. The Kier molecular flexibility index (Phi) is 2.37. The molecule has 4 heteroatoms. The van der Waals surface area contributed by atoms with Gasteiger partial charge in [-0.05, 0) is 30.9 Å². The predicted molar refractivity (Wildman–Crippen MR) is 52.7 cm³/mol. The molecule has 0 aromatic heterocycles. The number of halogens is 2. The van der Waals surface area contributed by atoms with E-state index in [9.17, 15) is 9.50 Å². The summed E-state index contributed by atoms with van der Waals surface area (Å²) in [5.41, 5.74) is 6.27. The zero-order chi connectivity index (χ0) is 10.3. The van der Waals surface area contributed by atoms with E-state index in [2.05, 4.69) is 0 Å². The third kappa shape index (κ3) is 1.70. The van der Waals surface area contributed by atoms with Crippen molar-refractivity contribution in [1.29, 1.82) is 0 Å². The van der Waals surface area contributed by atoms with Crippen LogP contribution in [0.3, 0.4) is 0 Å². The zero-order valence-corrected chi connectivity index (χ0v) is 8.26. The first-order valence-electron chi connectivity index (χ1n) is 4.53. The second kappa shape index (κ2) is 3.41. The predicted octanol–water partition coefficient (Wildman–Crippen LogP) is 2.59. The maximum atomic E-state index is 13.1. The fourth-order valence-electron chi connectivity index (χ4n) is 1.55. The van der Waals surface area contributed by atoms with Crippen molar-refractivity contribution in [2.75, 3.05) is 0 Å². The summed E-state index contributed by atoms with van der Waals surface area (Å²) in [6.07, 6.45) is 2.07. The summed E-state index contributed by atoms with van der Waals surface area (Å²) in [6.45, 7) is 0. The Hall–Kier alpha value is -0.800. The Bertz CT molecular complexity index is 365. The molecule has 2 rings (SSSR count). The van der Waals surface area contributed by atoms with E-state index in [-0.39, 0.29) is 16.8 Å². The molecule has 1 saturated carbocycles. The minimum Gasteiger partial charge on any atom is -0.505 e. The van der Waals surface area contributed by atoms with E-state index >= 15 is 0 Å². The normalized spacial score (nSPS) is 18.2.